The molecule has 1 N–H and O–H groups in total. The summed E-state index contributed by atoms with van der Waals surface area (Å²) in [7, 11) is -3.70. The van der Waals surface area contributed by atoms with Crippen LogP contribution in [0.4, 0.5) is 0 Å². The van der Waals surface area contributed by atoms with Gasteiger partial charge in [-0.05, 0) is 24.1 Å². The first-order chi connectivity index (χ1) is 9.12. The van der Waals surface area contributed by atoms with Crippen LogP contribution in [0.15, 0.2) is 52.0 Å². The number of hydrogen-bond acceptors (Lipinski definition) is 4. The van der Waals surface area contributed by atoms with Crippen LogP contribution in [-0.4, -0.2) is 21.2 Å². The van der Waals surface area contributed by atoms with Gasteiger partial charge in [0.15, 0.2) is 12.0 Å². The van der Waals surface area contributed by atoms with E-state index in [-0.39, 0.29) is 17.4 Å². The molecular formula is C13H13NO4S. The molecule has 0 fully saturated rings. The predicted molar refractivity (Wildman–Crippen MR) is 69.4 cm³/mol. The number of rotatable bonds is 6. The fourth-order valence-electron chi connectivity index (χ4n) is 1.59. The Kier molecular flexibility index (Phi) is 4.13. The van der Waals surface area contributed by atoms with Crippen LogP contribution in [0.3, 0.4) is 0 Å². The average molecular weight is 279 g/mol. The SMILES string of the molecule is O=Cc1ccc(S(=O)(=O)NCCc2ccccc2)o1. The second-order valence-electron chi connectivity index (χ2n) is 3.91. The van der Waals surface area contributed by atoms with Crippen LogP contribution in [-0.2, 0) is 16.4 Å². The van der Waals surface area contributed by atoms with Crippen LogP contribution in [0.1, 0.15) is 16.1 Å². The summed E-state index contributed by atoms with van der Waals surface area (Å²) in [5.41, 5.74) is 1.04. The van der Waals surface area contributed by atoms with E-state index >= 15 is 0 Å². The lowest BCUT2D eigenvalue weighted by molar-refractivity contribution is 0.109. The van der Waals surface area contributed by atoms with Crippen molar-refractivity contribution < 1.29 is 17.6 Å². The van der Waals surface area contributed by atoms with Crippen LogP contribution >= 0.6 is 0 Å². The average Bonchev–Trinajstić information content (AvgIpc) is 2.89. The van der Waals surface area contributed by atoms with Crippen LogP contribution < -0.4 is 4.72 Å². The normalized spacial score (nSPS) is 11.4. The number of carbonyl (C=O) groups excluding carboxylic acids is 1. The molecule has 0 aliphatic rings. The van der Waals surface area contributed by atoms with Crippen LogP contribution in [0.2, 0.25) is 0 Å². The van der Waals surface area contributed by atoms with Crippen molar-refractivity contribution in [3.63, 3.8) is 0 Å². The molecule has 5 nitrogen and oxygen atoms in total. The van der Waals surface area contributed by atoms with Crippen molar-refractivity contribution in [2.75, 3.05) is 6.54 Å². The van der Waals surface area contributed by atoms with E-state index in [1.54, 1.807) is 0 Å². The molecule has 6 heteroatoms. The standard InChI is InChI=1S/C13H13NO4S/c15-10-12-6-7-13(18-12)19(16,17)14-9-8-11-4-2-1-3-5-11/h1-7,10,14H,8-9H2. The molecule has 1 aromatic carbocycles. The monoisotopic (exact) mass is 279 g/mol. The summed E-state index contributed by atoms with van der Waals surface area (Å²) < 4.78 is 31.0. The Morgan fingerprint density at radius 3 is 2.47 bits per heavy atom. The van der Waals surface area contributed by atoms with Gasteiger partial charge >= 0.3 is 0 Å². The van der Waals surface area contributed by atoms with Crippen molar-refractivity contribution >= 4 is 16.3 Å². The number of sulfonamides is 1. The van der Waals surface area contributed by atoms with Crippen molar-refractivity contribution in [1.29, 1.82) is 0 Å². The first kappa shape index (κ1) is 13.5. The second-order valence-corrected chi connectivity index (χ2v) is 5.61. The number of aldehydes is 1. The summed E-state index contributed by atoms with van der Waals surface area (Å²) in [6.07, 6.45) is 1.05. The van der Waals surface area contributed by atoms with E-state index in [2.05, 4.69) is 4.72 Å². The number of hydrogen-bond donors (Lipinski definition) is 1. The third-order valence-corrected chi connectivity index (χ3v) is 3.87. The lowest BCUT2D eigenvalue weighted by atomic mass is 10.2. The molecule has 0 unspecified atom stereocenters. The zero-order valence-corrected chi connectivity index (χ0v) is 10.9. The molecule has 2 aromatic rings. The highest BCUT2D eigenvalue weighted by Gasteiger charge is 2.17. The van der Waals surface area contributed by atoms with E-state index in [4.69, 9.17) is 4.42 Å². The summed E-state index contributed by atoms with van der Waals surface area (Å²) in [5, 5.41) is -0.248. The number of benzene rings is 1. The molecule has 1 aromatic heterocycles. The fourth-order valence-corrected chi connectivity index (χ4v) is 2.55. The fraction of sp³-hybridized carbons (Fsp3) is 0.154. The molecule has 0 aliphatic heterocycles. The van der Waals surface area contributed by atoms with E-state index in [1.807, 2.05) is 30.3 Å². The maximum absolute atomic E-state index is 11.8. The quantitative estimate of drug-likeness (QED) is 0.815. The van der Waals surface area contributed by atoms with Gasteiger partial charge in [-0.3, -0.25) is 4.79 Å². The van der Waals surface area contributed by atoms with Gasteiger partial charge < -0.3 is 4.42 Å². The summed E-state index contributed by atoms with van der Waals surface area (Å²) in [6.45, 7) is 0.267. The minimum Gasteiger partial charge on any atom is -0.440 e. The van der Waals surface area contributed by atoms with Gasteiger partial charge in [0.25, 0.3) is 10.0 Å². The van der Waals surface area contributed by atoms with E-state index in [0.29, 0.717) is 12.7 Å². The van der Waals surface area contributed by atoms with Gasteiger partial charge in [0, 0.05) is 6.54 Å². The van der Waals surface area contributed by atoms with Crippen molar-refractivity contribution in [3.05, 3.63) is 53.8 Å². The topological polar surface area (TPSA) is 76.4 Å². The molecule has 0 radical (unpaired) electrons. The Hall–Kier alpha value is -1.92. The number of furan rings is 1. The first-order valence-corrected chi connectivity index (χ1v) is 7.19. The highest BCUT2D eigenvalue weighted by Crippen LogP contribution is 2.12. The summed E-state index contributed by atoms with van der Waals surface area (Å²) >= 11 is 0. The molecular weight excluding hydrogens is 266 g/mol. The second kappa shape index (κ2) is 5.81. The molecule has 0 aliphatic carbocycles. The van der Waals surface area contributed by atoms with Gasteiger partial charge in [0.05, 0.1) is 0 Å². The maximum Gasteiger partial charge on any atom is 0.273 e. The van der Waals surface area contributed by atoms with Crippen LogP contribution in [0.25, 0.3) is 0 Å². The highest BCUT2D eigenvalue weighted by molar-refractivity contribution is 7.89. The Bertz CT molecular complexity index is 646. The van der Waals surface area contributed by atoms with Crippen molar-refractivity contribution in [2.45, 2.75) is 11.5 Å². The molecule has 0 atom stereocenters. The lowest BCUT2D eigenvalue weighted by Crippen LogP contribution is -2.25. The van der Waals surface area contributed by atoms with E-state index in [9.17, 15) is 13.2 Å². The minimum atomic E-state index is -3.70. The molecule has 0 spiro atoms. The summed E-state index contributed by atoms with van der Waals surface area (Å²) in [4.78, 5) is 10.4. The van der Waals surface area contributed by atoms with Gasteiger partial charge in [0.1, 0.15) is 0 Å². The molecule has 2 rings (SSSR count). The Labute approximate surface area is 111 Å². The Morgan fingerprint density at radius 1 is 1.11 bits per heavy atom. The zero-order valence-electron chi connectivity index (χ0n) is 10.1. The third-order valence-electron chi connectivity index (χ3n) is 2.53. The Morgan fingerprint density at radius 2 is 1.84 bits per heavy atom. The van der Waals surface area contributed by atoms with Crippen LogP contribution in [0.5, 0.6) is 0 Å². The molecule has 19 heavy (non-hydrogen) atoms. The molecule has 1 heterocycles. The van der Waals surface area contributed by atoms with Gasteiger partial charge in [-0.1, -0.05) is 30.3 Å². The third kappa shape index (κ3) is 3.52. The maximum atomic E-state index is 11.8. The van der Waals surface area contributed by atoms with E-state index in [1.165, 1.54) is 12.1 Å². The number of nitrogens with one attached hydrogen (secondary N) is 1. The summed E-state index contributed by atoms with van der Waals surface area (Å²) in [5.74, 6) is -0.0107. The van der Waals surface area contributed by atoms with Gasteiger partial charge in [-0.15, -0.1) is 0 Å². The smallest absolute Gasteiger partial charge is 0.273 e. The lowest BCUT2D eigenvalue weighted by Gasteiger charge is -2.04. The molecule has 0 amide bonds. The predicted octanol–water partition coefficient (Wildman–Crippen LogP) is 1.61. The minimum absolute atomic E-state index is 0.0107. The van der Waals surface area contributed by atoms with Crippen LogP contribution in [0, 0.1) is 0 Å². The first-order valence-electron chi connectivity index (χ1n) is 5.70. The molecule has 0 bridgehead atoms. The largest absolute Gasteiger partial charge is 0.440 e. The zero-order chi connectivity index (χ0) is 13.7. The van der Waals surface area contributed by atoms with Gasteiger partial charge in [-0.2, -0.15) is 0 Å². The van der Waals surface area contributed by atoms with E-state index < -0.39 is 10.0 Å². The van der Waals surface area contributed by atoms with Crippen molar-refractivity contribution in [3.8, 4) is 0 Å². The molecule has 0 saturated carbocycles. The Balaban J connectivity index is 1.96. The van der Waals surface area contributed by atoms with Gasteiger partial charge in [-0.25, -0.2) is 13.1 Å². The van der Waals surface area contributed by atoms with Crippen molar-refractivity contribution in [1.82, 2.24) is 4.72 Å². The van der Waals surface area contributed by atoms with Gasteiger partial charge in [0.2, 0.25) is 5.09 Å². The highest BCUT2D eigenvalue weighted by atomic mass is 32.2. The molecule has 0 saturated heterocycles. The summed E-state index contributed by atoms with van der Waals surface area (Å²) in [6, 6.07) is 12.1. The molecule has 100 valence electrons. The van der Waals surface area contributed by atoms with Crippen molar-refractivity contribution in [2.24, 2.45) is 0 Å². The number of carbonyl (C=O) groups is 1. The van der Waals surface area contributed by atoms with E-state index in [0.717, 1.165) is 5.56 Å².